The van der Waals surface area contributed by atoms with Gasteiger partial charge in [-0.2, -0.15) is 4.98 Å². The van der Waals surface area contributed by atoms with Gasteiger partial charge >= 0.3 is 29.1 Å². The van der Waals surface area contributed by atoms with Crippen molar-refractivity contribution in [1.29, 1.82) is 0 Å². The number of nitrogens with one attached hydrogen (secondary N) is 1. The van der Waals surface area contributed by atoms with E-state index >= 15 is 0 Å². The Balaban J connectivity index is 0.00000523. The van der Waals surface area contributed by atoms with Crippen LogP contribution >= 0.6 is 23.4 Å². The quantitative estimate of drug-likeness (QED) is 0.0678. The molecular formula is C24H35N10O14P3Y. The third-order valence-corrected chi connectivity index (χ3v) is 13.3. The number of aryl methyl sites for hydroxylation is 1. The van der Waals surface area contributed by atoms with E-state index in [1.54, 1.807) is 14.0 Å². The van der Waals surface area contributed by atoms with Crippen LogP contribution in [0.5, 0.6) is 5.88 Å². The van der Waals surface area contributed by atoms with Gasteiger partial charge in [0.2, 0.25) is 5.95 Å². The molecule has 0 aromatic carbocycles. The molecule has 0 aliphatic carbocycles. The Morgan fingerprint density at radius 1 is 1.04 bits per heavy atom. The number of nitrogen functional groups attached to an aromatic ring is 2. The van der Waals surface area contributed by atoms with Gasteiger partial charge in [0.25, 0.3) is 11.5 Å². The van der Waals surface area contributed by atoms with E-state index in [1.165, 1.54) is 20.0 Å². The van der Waals surface area contributed by atoms with Gasteiger partial charge in [0.15, 0.2) is 35.5 Å². The number of rotatable bonds is 12. The summed E-state index contributed by atoms with van der Waals surface area (Å²) >= 11 is 0. The zero-order valence-electron chi connectivity index (χ0n) is 27.8. The number of fused-ring (bicyclic) bond motifs is 2. The molecule has 52 heavy (non-hydrogen) atoms. The van der Waals surface area contributed by atoms with Crippen molar-refractivity contribution in [2.24, 2.45) is 13.0 Å². The molecule has 5 unspecified atom stereocenters. The first-order chi connectivity index (χ1) is 23.9. The molecule has 0 bridgehead atoms. The van der Waals surface area contributed by atoms with Crippen molar-refractivity contribution in [3.8, 4) is 5.88 Å². The number of H-pyrrole nitrogens is 1. The van der Waals surface area contributed by atoms with Crippen LogP contribution < -0.4 is 26.7 Å². The minimum atomic E-state index is -4.24. The number of hydrogen-bond acceptors (Lipinski definition) is 20. The average Bonchev–Trinajstić information content (AvgIpc) is 3.74. The van der Waals surface area contributed by atoms with Crippen LogP contribution in [-0.2, 0) is 80.6 Å². The van der Waals surface area contributed by atoms with Gasteiger partial charge in [-0.1, -0.05) is 11.9 Å². The van der Waals surface area contributed by atoms with Crippen molar-refractivity contribution in [2.45, 2.75) is 49.9 Å². The van der Waals surface area contributed by atoms with Gasteiger partial charge in [0, 0.05) is 57.8 Å². The standard InChI is InChI=1S/C24H35N10O14P3.Y/c1-9-14(35)10(45-21(9)34-8-32(2)13-18(34)29-24(26)31-20(13)39)5-43-50(3,41)47-49(40)48-51(4,42)44-6-11-15(36)16(37)22(46-11)33-7-27-12-17(33)28-23(25)30-19(12)38;/h7-11,14-16,21-22,35-37,49H,5-6H2,1-4H3,(H5-,25,26,28,29,30,31,38,39);/t9?,10-,11-,14-,15+,16?,21-,22-,50?,51?;/m1./s1. The zero-order valence-corrected chi connectivity index (χ0v) is 33.4. The Labute approximate surface area is 318 Å². The van der Waals surface area contributed by atoms with Crippen LogP contribution in [0.2, 0.25) is 0 Å². The van der Waals surface area contributed by atoms with Crippen molar-refractivity contribution in [3.63, 3.8) is 0 Å². The predicted octanol–water partition coefficient (Wildman–Crippen LogP) is -1.76. The summed E-state index contributed by atoms with van der Waals surface area (Å²) in [6.45, 7) is 2.44. The Bertz CT molecular complexity index is 2150. The van der Waals surface area contributed by atoms with Crippen molar-refractivity contribution >= 4 is 57.7 Å². The minimum Gasteiger partial charge on any atom is -0.856 e. The van der Waals surface area contributed by atoms with Crippen LogP contribution in [0.25, 0.3) is 22.3 Å². The summed E-state index contributed by atoms with van der Waals surface area (Å²) in [5, 5.41) is 44.4. The molecule has 2 aliphatic heterocycles. The van der Waals surface area contributed by atoms with E-state index in [0.29, 0.717) is 0 Å². The number of aliphatic hydroxyl groups is 3. The van der Waals surface area contributed by atoms with E-state index in [-0.39, 0.29) is 66.9 Å². The summed E-state index contributed by atoms with van der Waals surface area (Å²) in [4.78, 5) is 30.0. The molecule has 6 heterocycles. The van der Waals surface area contributed by atoms with Crippen LogP contribution in [0.3, 0.4) is 0 Å². The molecule has 8 N–H and O–H groups in total. The summed E-state index contributed by atoms with van der Waals surface area (Å²) in [6.07, 6.45) is -6.17. The molecule has 0 saturated carbocycles. The van der Waals surface area contributed by atoms with Crippen molar-refractivity contribution < 1.29 is 98.5 Å². The molecule has 1 radical (unpaired) electrons. The number of nitrogens with two attached hydrogens (primary N) is 2. The minimum absolute atomic E-state index is 0. The van der Waals surface area contributed by atoms with Gasteiger partial charge in [-0.25, -0.2) is 23.2 Å². The third-order valence-electron chi connectivity index (χ3n) is 8.19. The summed E-state index contributed by atoms with van der Waals surface area (Å²) in [6, 6.07) is 0. The molecule has 283 valence electrons. The second-order valence-electron chi connectivity index (χ2n) is 12.0. The molecular weight excluding hydrogens is 834 g/mol. The fraction of sp³-hybridized carbons (Fsp3) is 0.583. The topological polar surface area (TPSA) is 341 Å². The van der Waals surface area contributed by atoms with Crippen LogP contribution in [0, 0.1) is 5.92 Å². The Kier molecular flexibility index (Phi) is 12.2. The smallest absolute Gasteiger partial charge is 0.334 e. The van der Waals surface area contributed by atoms with Gasteiger partial charge < -0.3 is 50.4 Å². The molecule has 2 fully saturated rings. The van der Waals surface area contributed by atoms with Gasteiger partial charge in [-0.3, -0.25) is 32.6 Å². The number of imidazole rings is 2. The Morgan fingerprint density at radius 3 is 2.29 bits per heavy atom. The van der Waals surface area contributed by atoms with Gasteiger partial charge in [-0.05, 0) is 0 Å². The molecule has 24 nitrogen and oxygen atoms in total. The maximum absolute atomic E-state index is 13.0. The van der Waals surface area contributed by atoms with E-state index in [2.05, 4.69) is 24.9 Å². The van der Waals surface area contributed by atoms with Gasteiger partial charge in [0.1, 0.15) is 24.4 Å². The fourth-order valence-electron chi connectivity index (χ4n) is 5.74. The molecule has 0 amide bonds. The zero-order chi connectivity index (χ0) is 37.2. The van der Waals surface area contributed by atoms with Crippen LogP contribution in [0.1, 0.15) is 19.4 Å². The monoisotopic (exact) mass is 869 g/mol. The van der Waals surface area contributed by atoms with Crippen molar-refractivity contribution in [2.75, 3.05) is 38.0 Å². The van der Waals surface area contributed by atoms with Crippen LogP contribution in [0.4, 0.5) is 11.9 Å². The van der Waals surface area contributed by atoms with E-state index < -0.39 is 97.0 Å². The number of hydrogen-bond donors (Lipinski definition) is 6. The SMILES string of the molecule is CC1[C@@H](O)[C@@H](COP(C)(=O)O[PH](=O)OP(C)(=O)OC[C@H]2O[C@@H](n3cnc4c(=O)[nH]c(N)nc43)C(O)[C@H]2O)O[C@H]1[n+]1cn(C)c2c([O-])nc(N)nc21.[Y]. The maximum Gasteiger partial charge on any atom is 0.334 e. The maximum atomic E-state index is 13.0. The summed E-state index contributed by atoms with van der Waals surface area (Å²) in [5.74, 6) is -1.66. The van der Waals surface area contributed by atoms with Crippen LogP contribution in [0.15, 0.2) is 17.4 Å². The molecule has 11 atom stereocenters. The molecule has 4 aromatic heterocycles. The molecule has 0 spiro atoms. The number of aliphatic hydroxyl groups excluding tert-OH is 3. The number of aromatic nitrogens is 8. The van der Waals surface area contributed by atoms with E-state index in [4.69, 9.17) is 38.6 Å². The Morgan fingerprint density at radius 2 is 1.65 bits per heavy atom. The second kappa shape index (κ2) is 15.5. The molecule has 4 aromatic rings. The first-order valence-electron chi connectivity index (χ1n) is 15.0. The number of nitrogens with zero attached hydrogens (tertiary/aromatic N) is 7. The van der Waals surface area contributed by atoms with Gasteiger partial charge in [0.05, 0.1) is 32.7 Å². The molecule has 6 rings (SSSR count). The number of anilines is 2. The molecule has 2 aliphatic rings. The number of aromatic amines is 1. The van der Waals surface area contributed by atoms with Crippen molar-refractivity contribution in [3.05, 3.63) is 23.0 Å². The van der Waals surface area contributed by atoms with E-state index in [0.717, 1.165) is 19.7 Å². The van der Waals surface area contributed by atoms with Crippen LogP contribution in [-0.4, -0.2) is 106 Å². The normalized spacial score (nSPS) is 29.2. The number of ether oxygens (including phenoxy) is 2. The van der Waals surface area contributed by atoms with E-state index in [1.807, 2.05) is 0 Å². The first kappa shape index (κ1) is 40.9. The van der Waals surface area contributed by atoms with Gasteiger partial charge in [-0.15, -0.1) is 0 Å². The first-order valence-corrected chi connectivity index (χ1v) is 20.2. The van der Waals surface area contributed by atoms with E-state index in [9.17, 15) is 38.9 Å². The second-order valence-corrected chi connectivity index (χ2v) is 17.6. The molecule has 28 heteroatoms. The molecule has 2 saturated heterocycles. The summed E-state index contributed by atoms with van der Waals surface area (Å²) < 4.78 is 74.8. The summed E-state index contributed by atoms with van der Waals surface area (Å²) in [7, 11) is -10.6. The fourth-order valence-corrected chi connectivity index (χ4v) is 9.60. The summed E-state index contributed by atoms with van der Waals surface area (Å²) in [5.41, 5.74) is 10.8. The third kappa shape index (κ3) is 8.20. The van der Waals surface area contributed by atoms with Crippen molar-refractivity contribution in [1.82, 2.24) is 34.1 Å². The largest absolute Gasteiger partial charge is 0.856 e. The predicted molar refractivity (Wildman–Crippen MR) is 170 cm³/mol. The Hall–Kier alpha value is -2.27. The average molecular weight is 869 g/mol.